The van der Waals surface area contributed by atoms with Crippen molar-refractivity contribution in [3.63, 3.8) is 0 Å². The van der Waals surface area contributed by atoms with E-state index >= 15 is 0 Å². The molecule has 1 aromatic carbocycles. The van der Waals surface area contributed by atoms with E-state index < -0.39 is 0 Å². The number of aromatic nitrogens is 5. The highest BCUT2D eigenvalue weighted by atomic mass is 16.1. The molecule has 0 N–H and O–H groups in total. The normalized spacial score (nSPS) is 14.5. The number of hydrogen-bond acceptors (Lipinski definition) is 5. The first-order chi connectivity index (χ1) is 11.7. The van der Waals surface area contributed by atoms with Gasteiger partial charge in [0.05, 0.1) is 23.3 Å². The van der Waals surface area contributed by atoms with E-state index in [1.54, 1.807) is 24.1 Å². The highest BCUT2D eigenvalue weighted by Gasteiger charge is 2.19. The summed E-state index contributed by atoms with van der Waals surface area (Å²) in [6, 6.07) is 11.5. The molecule has 3 aromatic rings. The average Bonchev–Trinajstić information content (AvgIpc) is 3.05. The Bertz CT molecular complexity index is 914. The minimum atomic E-state index is -0.0642. The van der Waals surface area contributed by atoms with Crippen molar-refractivity contribution in [1.82, 2.24) is 29.7 Å². The molecule has 3 heterocycles. The summed E-state index contributed by atoms with van der Waals surface area (Å²) in [6.45, 7) is 2.33. The second kappa shape index (κ2) is 6.01. The Morgan fingerprint density at radius 1 is 1.17 bits per heavy atom. The summed E-state index contributed by atoms with van der Waals surface area (Å²) >= 11 is 0. The predicted molar refractivity (Wildman–Crippen MR) is 88.7 cm³/mol. The molecular formula is C17H18N6O. The minimum absolute atomic E-state index is 0.0642. The maximum absolute atomic E-state index is 11.8. The molecule has 7 heteroatoms. The predicted octanol–water partition coefficient (Wildman–Crippen LogP) is 0.919. The van der Waals surface area contributed by atoms with Crippen LogP contribution in [0.5, 0.6) is 0 Å². The lowest BCUT2D eigenvalue weighted by atomic mass is 10.1. The molecule has 0 saturated carbocycles. The van der Waals surface area contributed by atoms with Crippen LogP contribution in [-0.2, 0) is 26.6 Å². The van der Waals surface area contributed by atoms with Crippen LogP contribution < -0.4 is 5.56 Å². The van der Waals surface area contributed by atoms with Gasteiger partial charge in [-0.25, -0.2) is 4.68 Å². The maximum atomic E-state index is 11.8. The van der Waals surface area contributed by atoms with Crippen LogP contribution in [0.1, 0.15) is 17.0 Å². The molecule has 1 aliphatic heterocycles. The first kappa shape index (κ1) is 14.8. The van der Waals surface area contributed by atoms with Gasteiger partial charge in [0.25, 0.3) is 5.56 Å². The monoisotopic (exact) mass is 322 g/mol. The van der Waals surface area contributed by atoms with Gasteiger partial charge in [-0.05, 0) is 17.7 Å². The van der Waals surface area contributed by atoms with Gasteiger partial charge >= 0.3 is 0 Å². The summed E-state index contributed by atoms with van der Waals surface area (Å²) in [4.78, 5) is 15.7. The van der Waals surface area contributed by atoms with Gasteiger partial charge in [-0.3, -0.25) is 9.69 Å². The van der Waals surface area contributed by atoms with Crippen LogP contribution in [0.25, 0.3) is 5.69 Å². The van der Waals surface area contributed by atoms with Crippen molar-refractivity contribution < 1.29 is 0 Å². The zero-order chi connectivity index (χ0) is 16.5. The first-order valence-electron chi connectivity index (χ1n) is 7.94. The van der Waals surface area contributed by atoms with Crippen LogP contribution in [0.2, 0.25) is 0 Å². The number of hydrogen-bond donors (Lipinski definition) is 0. The van der Waals surface area contributed by atoms with Gasteiger partial charge in [0.1, 0.15) is 0 Å². The van der Waals surface area contributed by atoms with Crippen LogP contribution >= 0.6 is 0 Å². The van der Waals surface area contributed by atoms with Gasteiger partial charge in [-0.2, -0.15) is 20.1 Å². The summed E-state index contributed by atoms with van der Waals surface area (Å²) in [5, 5.41) is 13.2. The largest absolute Gasteiger partial charge is 0.293 e. The molecule has 0 fully saturated rings. The van der Waals surface area contributed by atoms with E-state index in [9.17, 15) is 4.79 Å². The van der Waals surface area contributed by atoms with E-state index in [0.29, 0.717) is 6.54 Å². The SMILES string of the molecule is Cn1nc2c(cc1=O)CN(Cc1cnn(-c3ccccc3)n1)CC2. The molecular weight excluding hydrogens is 304 g/mol. The van der Waals surface area contributed by atoms with Gasteiger partial charge < -0.3 is 0 Å². The van der Waals surface area contributed by atoms with Crippen molar-refractivity contribution in [3.8, 4) is 5.69 Å². The number of para-hydroxylation sites is 1. The first-order valence-corrected chi connectivity index (χ1v) is 7.94. The summed E-state index contributed by atoms with van der Waals surface area (Å²) in [5.74, 6) is 0. The molecule has 2 aromatic heterocycles. The number of nitrogens with zero attached hydrogens (tertiary/aromatic N) is 6. The van der Waals surface area contributed by atoms with E-state index in [1.165, 1.54) is 4.68 Å². The summed E-state index contributed by atoms with van der Waals surface area (Å²) < 4.78 is 1.40. The molecule has 122 valence electrons. The van der Waals surface area contributed by atoms with E-state index in [0.717, 1.165) is 42.1 Å². The van der Waals surface area contributed by atoms with E-state index in [2.05, 4.69) is 20.2 Å². The molecule has 0 saturated heterocycles. The van der Waals surface area contributed by atoms with Gasteiger partial charge in [0.2, 0.25) is 0 Å². The van der Waals surface area contributed by atoms with Crippen LogP contribution in [0.4, 0.5) is 0 Å². The molecule has 24 heavy (non-hydrogen) atoms. The van der Waals surface area contributed by atoms with E-state index in [-0.39, 0.29) is 5.56 Å². The summed E-state index contributed by atoms with van der Waals surface area (Å²) in [7, 11) is 1.69. The van der Waals surface area contributed by atoms with Crippen LogP contribution in [0.15, 0.2) is 47.4 Å². The fraction of sp³-hybridized carbons (Fsp3) is 0.294. The van der Waals surface area contributed by atoms with Gasteiger partial charge in [-0.1, -0.05) is 18.2 Å². The highest BCUT2D eigenvalue weighted by molar-refractivity contribution is 5.28. The molecule has 0 spiro atoms. The van der Waals surface area contributed by atoms with Crippen LogP contribution in [0, 0.1) is 0 Å². The van der Waals surface area contributed by atoms with Crippen molar-refractivity contribution >= 4 is 0 Å². The molecule has 4 rings (SSSR count). The number of fused-ring (bicyclic) bond motifs is 1. The Hall–Kier alpha value is -2.80. The second-order valence-corrected chi connectivity index (χ2v) is 6.00. The molecule has 0 radical (unpaired) electrons. The standard InChI is InChI=1S/C17H18N6O/c1-21-17(24)9-13-11-22(8-7-16(13)20-21)12-14-10-18-23(19-14)15-5-3-2-4-6-15/h2-6,9-10H,7-8,11-12H2,1H3. The molecule has 0 unspecified atom stereocenters. The Morgan fingerprint density at radius 3 is 2.83 bits per heavy atom. The topological polar surface area (TPSA) is 68.8 Å². The number of aryl methyl sites for hydroxylation is 1. The van der Waals surface area contributed by atoms with Crippen molar-refractivity contribution in [2.45, 2.75) is 19.5 Å². The fourth-order valence-corrected chi connectivity index (χ4v) is 2.97. The molecule has 7 nitrogen and oxygen atoms in total. The molecule has 0 amide bonds. The third-order valence-corrected chi connectivity index (χ3v) is 4.23. The Balaban J connectivity index is 1.50. The molecule has 0 bridgehead atoms. The zero-order valence-corrected chi connectivity index (χ0v) is 13.5. The molecule has 1 aliphatic rings. The minimum Gasteiger partial charge on any atom is -0.293 e. The average molecular weight is 322 g/mol. The maximum Gasteiger partial charge on any atom is 0.266 e. The quantitative estimate of drug-likeness (QED) is 0.717. The summed E-state index contributed by atoms with van der Waals surface area (Å²) in [6.07, 6.45) is 2.64. The molecule has 0 aliphatic carbocycles. The van der Waals surface area contributed by atoms with Crippen molar-refractivity contribution in [1.29, 1.82) is 0 Å². The number of benzene rings is 1. The second-order valence-electron chi connectivity index (χ2n) is 6.00. The third-order valence-electron chi connectivity index (χ3n) is 4.23. The number of rotatable bonds is 3. The van der Waals surface area contributed by atoms with Crippen molar-refractivity contribution in [3.05, 3.63) is 69.9 Å². The highest BCUT2D eigenvalue weighted by Crippen LogP contribution is 2.17. The van der Waals surface area contributed by atoms with Gasteiger partial charge in [-0.15, -0.1) is 0 Å². The van der Waals surface area contributed by atoms with Gasteiger partial charge in [0.15, 0.2) is 0 Å². The lowest BCUT2D eigenvalue weighted by Gasteiger charge is -2.27. The summed E-state index contributed by atoms with van der Waals surface area (Å²) in [5.41, 5.74) is 3.83. The Morgan fingerprint density at radius 2 is 2.00 bits per heavy atom. The third kappa shape index (κ3) is 2.85. The van der Waals surface area contributed by atoms with Crippen molar-refractivity contribution in [2.75, 3.05) is 6.54 Å². The Kier molecular flexibility index (Phi) is 3.70. The van der Waals surface area contributed by atoms with E-state index in [4.69, 9.17) is 0 Å². The lowest BCUT2D eigenvalue weighted by Crippen LogP contribution is -2.34. The molecule has 0 atom stereocenters. The van der Waals surface area contributed by atoms with Gasteiger partial charge in [0, 0.05) is 39.2 Å². The fourth-order valence-electron chi connectivity index (χ4n) is 2.97. The Labute approximate surface area is 139 Å². The van der Waals surface area contributed by atoms with Crippen molar-refractivity contribution in [2.24, 2.45) is 7.05 Å². The van der Waals surface area contributed by atoms with Crippen LogP contribution in [-0.4, -0.2) is 36.2 Å². The zero-order valence-electron chi connectivity index (χ0n) is 13.5. The van der Waals surface area contributed by atoms with E-state index in [1.807, 2.05) is 30.3 Å². The smallest absolute Gasteiger partial charge is 0.266 e. The van der Waals surface area contributed by atoms with Crippen LogP contribution in [0.3, 0.4) is 0 Å². The lowest BCUT2D eigenvalue weighted by molar-refractivity contribution is 0.238.